The third-order valence-electron chi connectivity index (χ3n) is 2.17. The predicted molar refractivity (Wildman–Crippen MR) is 67.4 cm³/mol. The number of carboxylic acid groups (broad SMARTS) is 1. The number of carbonyl (C=O) groups excluding carboxylic acids is 1. The van der Waals surface area contributed by atoms with E-state index < -0.39 is 5.97 Å². The number of carbonyl (C=O) groups is 2. The quantitative estimate of drug-likeness (QED) is 0.713. The summed E-state index contributed by atoms with van der Waals surface area (Å²) in [6.07, 6.45) is 8.28. The molecule has 0 unspecified atom stereocenters. The fourth-order valence-corrected chi connectivity index (χ4v) is 1.35. The number of aromatic amines is 1. The molecule has 0 aromatic carbocycles. The Morgan fingerprint density at radius 3 is 2.89 bits per heavy atom. The van der Waals surface area contributed by atoms with E-state index in [1.165, 1.54) is 30.7 Å². The Bertz CT molecular complexity index is 620. The van der Waals surface area contributed by atoms with Gasteiger partial charge in [0.1, 0.15) is 0 Å². The van der Waals surface area contributed by atoms with Gasteiger partial charge in [0.25, 0.3) is 5.91 Å². The highest BCUT2D eigenvalue weighted by Gasteiger charge is 2.07. The van der Waals surface area contributed by atoms with Crippen molar-refractivity contribution in [2.45, 2.75) is 0 Å². The lowest BCUT2D eigenvalue weighted by Gasteiger charge is -2.02. The molecule has 0 saturated carbocycles. The Morgan fingerprint density at radius 2 is 2.21 bits per heavy atom. The molecule has 0 atom stereocenters. The first-order chi connectivity index (χ1) is 9.15. The van der Waals surface area contributed by atoms with Crippen LogP contribution in [0.15, 0.2) is 36.9 Å². The topological polar surface area (TPSA) is 108 Å². The Kier molecular flexibility index (Phi) is 3.67. The Balaban J connectivity index is 2.14. The summed E-state index contributed by atoms with van der Waals surface area (Å²) in [5.41, 5.74) is 0.832. The number of hydrogen-bond acceptors (Lipinski definition) is 4. The molecular formula is C12H10N4O3. The summed E-state index contributed by atoms with van der Waals surface area (Å²) in [6, 6.07) is 1.53. The summed E-state index contributed by atoms with van der Waals surface area (Å²) in [6.45, 7) is 0. The second-order valence-electron chi connectivity index (χ2n) is 3.57. The maximum absolute atomic E-state index is 11.9. The third-order valence-corrected chi connectivity index (χ3v) is 2.17. The first kappa shape index (κ1) is 12.5. The van der Waals surface area contributed by atoms with Crippen LogP contribution < -0.4 is 5.32 Å². The zero-order valence-corrected chi connectivity index (χ0v) is 9.70. The molecule has 0 spiro atoms. The van der Waals surface area contributed by atoms with E-state index in [0.717, 1.165) is 6.08 Å². The molecule has 0 aliphatic carbocycles. The number of nitrogens with one attached hydrogen (secondary N) is 2. The highest BCUT2D eigenvalue weighted by atomic mass is 16.4. The molecule has 7 heteroatoms. The summed E-state index contributed by atoms with van der Waals surface area (Å²) >= 11 is 0. The molecule has 2 aromatic rings. The van der Waals surface area contributed by atoms with Gasteiger partial charge in [0.05, 0.1) is 5.56 Å². The number of hydrogen-bond donors (Lipinski definition) is 3. The van der Waals surface area contributed by atoms with Crippen molar-refractivity contribution in [3.63, 3.8) is 0 Å². The van der Waals surface area contributed by atoms with Crippen LogP contribution in [0.25, 0.3) is 6.08 Å². The van der Waals surface area contributed by atoms with Crippen molar-refractivity contribution < 1.29 is 14.7 Å². The van der Waals surface area contributed by atoms with Gasteiger partial charge in [-0.25, -0.2) is 9.78 Å². The van der Waals surface area contributed by atoms with Gasteiger partial charge in [0.2, 0.25) is 5.95 Å². The van der Waals surface area contributed by atoms with Crippen molar-refractivity contribution in [1.29, 1.82) is 0 Å². The monoisotopic (exact) mass is 258 g/mol. The van der Waals surface area contributed by atoms with Crippen LogP contribution >= 0.6 is 0 Å². The number of aliphatic carboxylic acids is 1. The van der Waals surface area contributed by atoms with Crippen molar-refractivity contribution in [2.24, 2.45) is 0 Å². The highest BCUT2D eigenvalue weighted by Crippen LogP contribution is 2.07. The first-order valence-corrected chi connectivity index (χ1v) is 5.32. The molecule has 0 saturated heterocycles. The Morgan fingerprint density at radius 1 is 1.37 bits per heavy atom. The largest absolute Gasteiger partial charge is 0.478 e. The number of H-pyrrole nitrogens is 1. The average Bonchev–Trinajstić information content (AvgIpc) is 2.89. The standard InChI is InChI=1S/C12H10N4O3/c17-10(18)2-1-8-5-9(7-13-6-8)11(19)16-12-14-3-4-15-12/h1-7H,(H,17,18)(H2,14,15,16,19). The maximum atomic E-state index is 11.9. The molecular weight excluding hydrogens is 248 g/mol. The summed E-state index contributed by atoms with van der Waals surface area (Å²) < 4.78 is 0. The lowest BCUT2D eigenvalue weighted by atomic mass is 10.2. The normalized spacial score (nSPS) is 10.5. The summed E-state index contributed by atoms with van der Waals surface area (Å²) in [5, 5.41) is 11.1. The molecule has 2 heterocycles. The average molecular weight is 258 g/mol. The minimum atomic E-state index is -1.06. The van der Waals surface area contributed by atoms with Gasteiger partial charge in [-0.05, 0) is 17.7 Å². The number of rotatable bonds is 4. The summed E-state index contributed by atoms with van der Waals surface area (Å²) in [4.78, 5) is 32.7. The van der Waals surface area contributed by atoms with Crippen LogP contribution in [0.2, 0.25) is 0 Å². The molecule has 2 rings (SSSR count). The van der Waals surface area contributed by atoms with Gasteiger partial charge in [-0.3, -0.25) is 15.1 Å². The van der Waals surface area contributed by atoms with Gasteiger partial charge in [0.15, 0.2) is 0 Å². The first-order valence-electron chi connectivity index (χ1n) is 5.32. The van der Waals surface area contributed by atoms with Crippen molar-refractivity contribution in [2.75, 3.05) is 5.32 Å². The number of amides is 1. The molecule has 3 N–H and O–H groups in total. The Hall–Kier alpha value is -2.96. The van der Waals surface area contributed by atoms with E-state index >= 15 is 0 Å². The number of aromatic nitrogens is 3. The van der Waals surface area contributed by atoms with Crippen LogP contribution in [0.1, 0.15) is 15.9 Å². The van der Waals surface area contributed by atoms with E-state index in [1.54, 1.807) is 6.20 Å². The fourth-order valence-electron chi connectivity index (χ4n) is 1.35. The molecule has 19 heavy (non-hydrogen) atoms. The van der Waals surface area contributed by atoms with Gasteiger partial charge >= 0.3 is 5.97 Å². The van der Waals surface area contributed by atoms with Crippen LogP contribution in [-0.2, 0) is 4.79 Å². The van der Waals surface area contributed by atoms with Crippen LogP contribution in [0.4, 0.5) is 5.95 Å². The minimum Gasteiger partial charge on any atom is -0.478 e. The Labute approximate surface area is 108 Å². The van der Waals surface area contributed by atoms with E-state index in [4.69, 9.17) is 5.11 Å². The molecule has 0 aliphatic heterocycles. The van der Waals surface area contributed by atoms with Gasteiger partial charge in [-0.1, -0.05) is 0 Å². The minimum absolute atomic E-state index is 0.309. The summed E-state index contributed by atoms with van der Waals surface area (Å²) in [5.74, 6) is -1.12. The predicted octanol–water partition coefficient (Wildman–Crippen LogP) is 1.15. The molecule has 96 valence electrons. The zero-order valence-electron chi connectivity index (χ0n) is 9.70. The molecule has 0 radical (unpaired) electrons. The van der Waals surface area contributed by atoms with E-state index in [-0.39, 0.29) is 5.91 Å². The molecule has 0 bridgehead atoms. The van der Waals surface area contributed by atoms with Gasteiger partial charge in [-0.2, -0.15) is 0 Å². The maximum Gasteiger partial charge on any atom is 0.328 e. The SMILES string of the molecule is O=C(O)C=Cc1cncc(C(=O)Nc2ncc[nH]2)c1. The van der Waals surface area contributed by atoms with Crippen LogP contribution in [-0.4, -0.2) is 31.9 Å². The molecule has 1 amide bonds. The van der Waals surface area contributed by atoms with E-state index in [1.807, 2.05) is 0 Å². The van der Waals surface area contributed by atoms with Gasteiger partial charge in [0, 0.05) is 30.9 Å². The van der Waals surface area contributed by atoms with Crippen LogP contribution in [0.3, 0.4) is 0 Å². The number of pyridine rings is 1. The number of imidazole rings is 1. The van der Waals surface area contributed by atoms with E-state index in [2.05, 4.69) is 20.3 Å². The van der Waals surface area contributed by atoms with Gasteiger partial charge in [-0.15, -0.1) is 0 Å². The highest BCUT2D eigenvalue weighted by molar-refractivity contribution is 6.03. The number of carboxylic acids is 1. The lowest BCUT2D eigenvalue weighted by molar-refractivity contribution is -0.131. The molecule has 0 aliphatic rings. The van der Waals surface area contributed by atoms with E-state index in [9.17, 15) is 9.59 Å². The number of nitrogens with zero attached hydrogens (tertiary/aromatic N) is 2. The second kappa shape index (κ2) is 5.58. The number of anilines is 1. The van der Waals surface area contributed by atoms with Crippen molar-refractivity contribution in [3.8, 4) is 0 Å². The van der Waals surface area contributed by atoms with Crippen molar-refractivity contribution in [1.82, 2.24) is 15.0 Å². The second-order valence-corrected chi connectivity index (χ2v) is 3.57. The molecule has 7 nitrogen and oxygen atoms in total. The summed E-state index contributed by atoms with van der Waals surface area (Å²) in [7, 11) is 0. The smallest absolute Gasteiger partial charge is 0.328 e. The molecule has 0 fully saturated rings. The van der Waals surface area contributed by atoms with Crippen molar-refractivity contribution >= 4 is 23.9 Å². The van der Waals surface area contributed by atoms with Crippen LogP contribution in [0.5, 0.6) is 0 Å². The van der Waals surface area contributed by atoms with Gasteiger partial charge < -0.3 is 10.1 Å². The van der Waals surface area contributed by atoms with E-state index in [0.29, 0.717) is 17.1 Å². The third kappa shape index (κ3) is 3.50. The lowest BCUT2D eigenvalue weighted by Crippen LogP contribution is -2.13. The van der Waals surface area contributed by atoms with Crippen LogP contribution in [0, 0.1) is 0 Å². The fraction of sp³-hybridized carbons (Fsp3) is 0. The molecule has 2 aromatic heterocycles. The van der Waals surface area contributed by atoms with Crippen molar-refractivity contribution in [3.05, 3.63) is 48.1 Å². The zero-order chi connectivity index (χ0) is 13.7.